The van der Waals surface area contributed by atoms with E-state index >= 15 is 0 Å². The lowest BCUT2D eigenvalue weighted by molar-refractivity contribution is -0.0124. The first-order valence-electron chi connectivity index (χ1n) is 5.43. The van der Waals surface area contributed by atoms with Gasteiger partial charge in [0.1, 0.15) is 0 Å². The molecular formula is C12H13Cl2NO2. The van der Waals surface area contributed by atoms with Crippen molar-refractivity contribution in [2.24, 2.45) is 0 Å². The van der Waals surface area contributed by atoms with E-state index in [-0.39, 0.29) is 12.0 Å². The van der Waals surface area contributed by atoms with E-state index in [9.17, 15) is 4.79 Å². The van der Waals surface area contributed by atoms with Crippen LogP contribution in [0.25, 0.3) is 0 Å². The number of amides is 1. The summed E-state index contributed by atoms with van der Waals surface area (Å²) in [5.41, 5.74) is 0.525. The Balaban J connectivity index is 2.18. The molecule has 2 rings (SSSR count). The van der Waals surface area contributed by atoms with Gasteiger partial charge in [0, 0.05) is 28.7 Å². The summed E-state index contributed by atoms with van der Waals surface area (Å²) in [6.07, 6.45) is 0.0716. The van der Waals surface area contributed by atoms with Crippen molar-refractivity contribution in [2.45, 2.75) is 13.0 Å². The highest BCUT2D eigenvalue weighted by Gasteiger charge is 2.22. The van der Waals surface area contributed by atoms with E-state index in [0.717, 1.165) is 0 Å². The van der Waals surface area contributed by atoms with Crippen molar-refractivity contribution in [2.75, 3.05) is 19.7 Å². The first kappa shape index (κ1) is 12.7. The van der Waals surface area contributed by atoms with E-state index in [1.165, 1.54) is 0 Å². The fourth-order valence-corrected chi connectivity index (χ4v) is 2.39. The molecule has 1 heterocycles. The van der Waals surface area contributed by atoms with Crippen LogP contribution in [0.3, 0.4) is 0 Å². The molecule has 5 heteroatoms. The lowest BCUT2D eigenvalue weighted by Gasteiger charge is -2.31. The Morgan fingerprint density at radius 2 is 2.00 bits per heavy atom. The fraction of sp³-hybridized carbons (Fsp3) is 0.417. The van der Waals surface area contributed by atoms with E-state index in [1.807, 2.05) is 6.92 Å². The van der Waals surface area contributed by atoms with Crippen molar-refractivity contribution in [3.05, 3.63) is 33.8 Å². The molecule has 1 saturated heterocycles. The molecule has 1 aromatic carbocycles. The predicted octanol–water partition coefficient (Wildman–Crippen LogP) is 2.85. The Morgan fingerprint density at radius 3 is 2.59 bits per heavy atom. The van der Waals surface area contributed by atoms with Crippen LogP contribution in [0.1, 0.15) is 17.3 Å². The Kier molecular flexibility index (Phi) is 3.92. The van der Waals surface area contributed by atoms with E-state index < -0.39 is 0 Å². The summed E-state index contributed by atoms with van der Waals surface area (Å²) in [4.78, 5) is 14.0. The highest BCUT2D eigenvalue weighted by Crippen LogP contribution is 2.20. The van der Waals surface area contributed by atoms with Gasteiger partial charge in [-0.2, -0.15) is 0 Å². The van der Waals surface area contributed by atoms with Gasteiger partial charge in [0.15, 0.2) is 0 Å². The number of hydrogen-bond acceptors (Lipinski definition) is 2. The molecule has 1 fully saturated rings. The third-order valence-corrected chi connectivity index (χ3v) is 3.07. The monoisotopic (exact) mass is 273 g/mol. The number of carbonyl (C=O) groups is 1. The minimum absolute atomic E-state index is 0.0513. The zero-order valence-electron chi connectivity index (χ0n) is 9.45. The third kappa shape index (κ3) is 3.12. The maximum atomic E-state index is 12.2. The van der Waals surface area contributed by atoms with Gasteiger partial charge < -0.3 is 9.64 Å². The Labute approximate surface area is 110 Å². The fourth-order valence-electron chi connectivity index (χ4n) is 1.86. The molecule has 1 unspecified atom stereocenters. The summed E-state index contributed by atoms with van der Waals surface area (Å²) in [5.74, 6) is -0.0513. The Bertz CT molecular complexity index is 416. The molecule has 0 saturated carbocycles. The molecule has 1 aliphatic heterocycles. The average molecular weight is 274 g/mol. The Hall–Kier alpha value is -0.770. The van der Waals surface area contributed by atoms with Crippen molar-refractivity contribution in [1.29, 1.82) is 0 Å². The second-order valence-electron chi connectivity index (χ2n) is 4.09. The van der Waals surface area contributed by atoms with Crippen LogP contribution in [0.5, 0.6) is 0 Å². The van der Waals surface area contributed by atoms with E-state index in [4.69, 9.17) is 27.9 Å². The van der Waals surface area contributed by atoms with Gasteiger partial charge >= 0.3 is 0 Å². The van der Waals surface area contributed by atoms with Crippen LogP contribution >= 0.6 is 23.2 Å². The molecule has 1 atom stereocenters. The van der Waals surface area contributed by atoms with Crippen LogP contribution in [-0.4, -0.2) is 36.6 Å². The number of morpholine rings is 1. The maximum Gasteiger partial charge on any atom is 0.254 e. The third-order valence-electron chi connectivity index (χ3n) is 2.64. The normalized spacial score (nSPS) is 20.4. The van der Waals surface area contributed by atoms with E-state index in [0.29, 0.717) is 35.3 Å². The number of rotatable bonds is 1. The Morgan fingerprint density at radius 1 is 1.35 bits per heavy atom. The molecule has 0 aliphatic carbocycles. The minimum atomic E-state index is -0.0513. The number of benzene rings is 1. The first-order valence-corrected chi connectivity index (χ1v) is 6.19. The second-order valence-corrected chi connectivity index (χ2v) is 4.96. The van der Waals surface area contributed by atoms with Crippen molar-refractivity contribution in [3.63, 3.8) is 0 Å². The number of carbonyl (C=O) groups excluding carboxylic acids is 1. The summed E-state index contributed by atoms with van der Waals surface area (Å²) >= 11 is 11.8. The summed E-state index contributed by atoms with van der Waals surface area (Å²) in [6.45, 7) is 3.72. The van der Waals surface area contributed by atoms with Gasteiger partial charge in [-0.3, -0.25) is 4.79 Å². The quantitative estimate of drug-likeness (QED) is 0.788. The number of hydrogen-bond donors (Lipinski definition) is 0. The first-order chi connectivity index (χ1) is 8.06. The maximum absolute atomic E-state index is 12.2. The van der Waals surface area contributed by atoms with Gasteiger partial charge in [0.05, 0.1) is 12.7 Å². The average Bonchev–Trinajstić information content (AvgIpc) is 2.26. The summed E-state index contributed by atoms with van der Waals surface area (Å²) in [6, 6.07) is 4.88. The van der Waals surface area contributed by atoms with Crippen LogP contribution in [0.2, 0.25) is 10.0 Å². The lowest BCUT2D eigenvalue weighted by atomic mass is 10.2. The van der Waals surface area contributed by atoms with E-state index in [1.54, 1.807) is 23.1 Å². The summed E-state index contributed by atoms with van der Waals surface area (Å²) in [5, 5.41) is 0.948. The molecule has 0 bridgehead atoms. The highest BCUT2D eigenvalue weighted by atomic mass is 35.5. The van der Waals surface area contributed by atoms with Crippen LogP contribution in [0, 0.1) is 0 Å². The van der Waals surface area contributed by atoms with Crippen molar-refractivity contribution in [1.82, 2.24) is 4.90 Å². The molecule has 0 spiro atoms. The molecule has 1 aliphatic rings. The zero-order chi connectivity index (χ0) is 12.4. The molecule has 92 valence electrons. The minimum Gasteiger partial charge on any atom is -0.375 e. The van der Waals surface area contributed by atoms with Gasteiger partial charge in [0.25, 0.3) is 5.91 Å². The molecule has 3 nitrogen and oxygen atoms in total. The molecule has 0 aromatic heterocycles. The van der Waals surface area contributed by atoms with Gasteiger partial charge in [-0.15, -0.1) is 0 Å². The molecule has 0 N–H and O–H groups in total. The van der Waals surface area contributed by atoms with E-state index in [2.05, 4.69) is 0 Å². The van der Waals surface area contributed by atoms with Crippen LogP contribution < -0.4 is 0 Å². The molecule has 0 radical (unpaired) electrons. The van der Waals surface area contributed by atoms with Crippen molar-refractivity contribution < 1.29 is 9.53 Å². The van der Waals surface area contributed by atoms with Crippen LogP contribution in [0.4, 0.5) is 0 Å². The topological polar surface area (TPSA) is 29.5 Å². The number of ether oxygens (including phenoxy) is 1. The largest absolute Gasteiger partial charge is 0.375 e. The van der Waals surface area contributed by atoms with Gasteiger partial charge in [-0.05, 0) is 25.1 Å². The predicted molar refractivity (Wildman–Crippen MR) is 67.8 cm³/mol. The van der Waals surface area contributed by atoms with Crippen molar-refractivity contribution >= 4 is 29.1 Å². The second kappa shape index (κ2) is 5.25. The molecular weight excluding hydrogens is 261 g/mol. The summed E-state index contributed by atoms with van der Waals surface area (Å²) in [7, 11) is 0. The summed E-state index contributed by atoms with van der Waals surface area (Å²) < 4.78 is 5.40. The van der Waals surface area contributed by atoms with Gasteiger partial charge in [-0.25, -0.2) is 0 Å². The molecule has 17 heavy (non-hydrogen) atoms. The lowest BCUT2D eigenvalue weighted by Crippen LogP contribution is -2.44. The smallest absolute Gasteiger partial charge is 0.254 e. The standard InChI is InChI=1S/C12H13Cl2NO2/c1-8-7-15(2-3-17-8)12(16)9-4-10(13)6-11(14)5-9/h4-6,8H,2-3,7H2,1H3. The number of halogens is 2. The molecule has 1 aromatic rings. The van der Waals surface area contributed by atoms with Gasteiger partial charge in [-0.1, -0.05) is 23.2 Å². The molecule has 1 amide bonds. The zero-order valence-corrected chi connectivity index (χ0v) is 11.0. The van der Waals surface area contributed by atoms with Gasteiger partial charge in [0.2, 0.25) is 0 Å². The SMILES string of the molecule is CC1CN(C(=O)c2cc(Cl)cc(Cl)c2)CCO1. The van der Waals surface area contributed by atoms with Crippen LogP contribution in [-0.2, 0) is 4.74 Å². The van der Waals surface area contributed by atoms with Crippen molar-refractivity contribution in [3.8, 4) is 0 Å². The number of nitrogens with zero attached hydrogens (tertiary/aromatic N) is 1. The van der Waals surface area contributed by atoms with Crippen LogP contribution in [0.15, 0.2) is 18.2 Å². The highest BCUT2D eigenvalue weighted by molar-refractivity contribution is 6.35.